The number of nitrogens with zero attached hydrogens (tertiary/aromatic N) is 4. The molecule has 0 saturated carbocycles. The summed E-state index contributed by atoms with van der Waals surface area (Å²) in [7, 11) is 1.86. The minimum atomic E-state index is -4.37. The molecule has 1 aromatic heterocycles. The first-order valence-corrected chi connectivity index (χ1v) is 8.45. The van der Waals surface area contributed by atoms with Gasteiger partial charge in [-0.05, 0) is 43.2 Å². The molecule has 2 aromatic rings. The van der Waals surface area contributed by atoms with Crippen LogP contribution in [0.3, 0.4) is 0 Å². The van der Waals surface area contributed by atoms with Crippen LogP contribution in [-0.4, -0.2) is 51.7 Å². The molecule has 0 aliphatic carbocycles. The summed E-state index contributed by atoms with van der Waals surface area (Å²) in [4.78, 5) is 16.0. The highest BCUT2D eigenvalue weighted by atomic mass is 19.4. The van der Waals surface area contributed by atoms with Gasteiger partial charge in [-0.2, -0.15) is 13.2 Å². The number of aromatic nitrogens is 2. The lowest BCUT2D eigenvalue weighted by molar-refractivity contribution is -0.389. The largest absolute Gasteiger partial charge is 0.492 e. The third-order valence-electron chi connectivity index (χ3n) is 4.28. The molecule has 152 valence electrons. The van der Waals surface area contributed by atoms with Crippen LogP contribution in [-0.2, 0) is 12.7 Å². The molecular weight excluding hydrogens is 381 g/mol. The van der Waals surface area contributed by atoms with E-state index in [-0.39, 0.29) is 18.4 Å². The van der Waals surface area contributed by atoms with Crippen molar-refractivity contribution < 1.29 is 27.6 Å². The number of hydrogen-bond acceptors (Lipinski definition) is 6. The number of benzene rings is 1. The van der Waals surface area contributed by atoms with E-state index in [0.29, 0.717) is 25.4 Å². The molecule has 1 atom stereocenters. The Kier molecular flexibility index (Phi) is 5.20. The van der Waals surface area contributed by atoms with Gasteiger partial charge in [0.05, 0.1) is 12.1 Å². The van der Waals surface area contributed by atoms with Gasteiger partial charge in [-0.25, -0.2) is 0 Å². The molecule has 0 radical (unpaired) electrons. The van der Waals surface area contributed by atoms with Gasteiger partial charge in [-0.15, -0.1) is 0 Å². The monoisotopic (exact) mass is 400 g/mol. The number of halogens is 3. The minimum Gasteiger partial charge on any atom is -0.492 e. The number of hydrogen-bond donors (Lipinski definition) is 0. The zero-order chi connectivity index (χ0) is 20.5. The molecule has 0 amide bonds. The number of imidazole rings is 1. The second-order valence-corrected chi connectivity index (χ2v) is 6.93. The van der Waals surface area contributed by atoms with Gasteiger partial charge in [0.15, 0.2) is 0 Å². The average Bonchev–Trinajstić information content (AvgIpc) is 3.09. The number of nitro groups is 1. The molecule has 0 saturated heterocycles. The van der Waals surface area contributed by atoms with Gasteiger partial charge in [-0.3, -0.25) is 9.47 Å². The summed E-state index contributed by atoms with van der Waals surface area (Å²) in [5.74, 6) is 0.104. The van der Waals surface area contributed by atoms with E-state index in [1.807, 2.05) is 18.9 Å². The van der Waals surface area contributed by atoms with Crippen molar-refractivity contribution in [1.82, 2.24) is 14.5 Å². The SMILES string of the molecule is CN(CCOc1ccc(C(F)(F)F)cc1)C[C@@]1(C)Cn2cc([N+](=O)[O-])nc2O1. The van der Waals surface area contributed by atoms with Crippen molar-refractivity contribution in [2.45, 2.75) is 25.2 Å². The van der Waals surface area contributed by atoms with E-state index in [9.17, 15) is 23.3 Å². The summed E-state index contributed by atoms with van der Waals surface area (Å²) in [6, 6.07) is 4.75. The Balaban J connectivity index is 1.46. The lowest BCUT2D eigenvalue weighted by Gasteiger charge is -2.28. The molecule has 3 rings (SSSR count). The molecule has 8 nitrogen and oxygen atoms in total. The molecule has 28 heavy (non-hydrogen) atoms. The number of fused-ring (bicyclic) bond motifs is 1. The van der Waals surface area contributed by atoms with E-state index in [0.717, 1.165) is 12.1 Å². The van der Waals surface area contributed by atoms with Crippen molar-refractivity contribution >= 4 is 5.82 Å². The molecule has 1 aliphatic rings. The van der Waals surface area contributed by atoms with Crippen LogP contribution in [0.4, 0.5) is 19.0 Å². The molecule has 11 heteroatoms. The first kappa shape index (κ1) is 19.9. The highest BCUT2D eigenvalue weighted by Gasteiger charge is 2.40. The number of likely N-dealkylation sites (N-methyl/N-ethyl adjacent to an activating group) is 1. The smallest absolute Gasteiger partial charge is 0.416 e. The lowest BCUT2D eigenvalue weighted by Crippen LogP contribution is -2.44. The second kappa shape index (κ2) is 7.30. The van der Waals surface area contributed by atoms with Crippen LogP contribution < -0.4 is 9.47 Å². The molecule has 0 bridgehead atoms. The highest BCUT2D eigenvalue weighted by Crippen LogP contribution is 2.32. The third-order valence-corrected chi connectivity index (χ3v) is 4.28. The first-order valence-electron chi connectivity index (χ1n) is 8.45. The highest BCUT2D eigenvalue weighted by molar-refractivity contribution is 5.28. The molecule has 1 aliphatic heterocycles. The maximum Gasteiger partial charge on any atom is 0.416 e. The topological polar surface area (TPSA) is 82.7 Å². The van der Waals surface area contributed by atoms with Gasteiger partial charge >= 0.3 is 18.0 Å². The minimum absolute atomic E-state index is 0.212. The predicted octanol–water partition coefficient (Wildman–Crippen LogP) is 2.97. The fraction of sp³-hybridized carbons (Fsp3) is 0.471. The predicted molar refractivity (Wildman–Crippen MR) is 92.4 cm³/mol. The summed E-state index contributed by atoms with van der Waals surface area (Å²) < 4.78 is 50.5. The van der Waals surface area contributed by atoms with Crippen molar-refractivity contribution in [2.24, 2.45) is 0 Å². The fourth-order valence-electron chi connectivity index (χ4n) is 3.07. The second-order valence-electron chi connectivity index (χ2n) is 6.93. The molecule has 0 unspecified atom stereocenters. The van der Waals surface area contributed by atoms with Crippen molar-refractivity contribution in [1.29, 1.82) is 0 Å². The number of alkyl halides is 3. The van der Waals surface area contributed by atoms with Crippen LogP contribution in [0.1, 0.15) is 12.5 Å². The Labute approximate surface area is 158 Å². The van der Waals surface area contributed by atoms with Crippen LogP contribution in [0.2, 0.25) is 0 Å². The normalized spacial score (nSPS) is 18.8. The van der Waals surface area contributed by atoms with Gasteiger partial charge in [0, 0.05) is 18.1 Å². The Hall–Kier alpha value is -2.82. The van der Waals surface area contributed by atoms with E-state index in [1.165, 1.54) is 18.3 Å². The zero-order valence-electron chi connectivity index (χ0n) is 15.3. The van der Waals surface area contributed by atoms with Gasteiger partial charge in [0.25, 0.3) is 0 Å². The molecule has 0 spiro atoms. The summed E-state index contributed by atoms with van der Waals surface area (Å²) in [5, 5.41) is 10.7. The van der Waals surface area contributed by atoms with Crippen LogP contribution >= 0.6 is 0 Å². The van der Waals surface area contributed by atoms with Crippen molar-refractivity contribution in [3.05, 3.63) is 46.1 Å². The Bertz CT molecular complexity index is 828. The van der Waals surface area contributed by atoms with Crippen LogP contribution in [0.5, 0.6) is 11.8 Å². The van der Waals surface area contributed by atoms with Gasteiger partial charge in [0.1, 0.15) is 24.2 Å². The molecule has 0 N–H and O–H groups in total. The summed E-state index contributed by atoms with van der Waals surface area (Å²) in [5.41, 5.74) is -1.32. The van der Waals surface area contributed by atoms with Gasteiger partial charge < -0.3 is 19.6 Å². The summed E-state index contributed by atoms with van der Waals surface area (Å²) >= 11 is 0. The first-order chi connectivity index (χ1) is 13.1. The fourth-order valence-corrected chi connectivity index (χ4v) is 3.07. The quantitative estimate of drug-likeness (QED) is 0.525. The van der Waals surface area contributed by atoms with E-state index in [4.69, 9.17) is 9.47 Å². The van der Waals surface area contributed by atoms with Crippen LogP contribution in [0.15, 0.2) is 30.5 Å². The average molecular weight is 400 g/mol. The van der Waals surface area contributed by atoms with Crippen LogP contribution in [0, 0.1) is 10.1 Å². The number of rotatable bonds is 7. The van der Waals surface area contributed by atoms with Crippen molar-refractivity contribution in [3.63, 3.8) is 0 Å². The van der Waals surface area contributed by atoms with E-state index in [2.05, 4.69) is 4.98 Å². The number of ether oxygens (including phenoxy) is 2. The standard InChI is InChI=1S/C17H19F3N4O4/c1-16(11-23-9-14(24(25)26)21-15(23)28-16)10-22(2)7-8-27-13-5-3-12(4-6-13)17(18,19)20/h3-6,9H,7-8,10-11H2,1-2H3/t16-/m0/s1. The van der Waals surface area contributed by atoms with Crippen molar-refractivity contribution in [3.8, 4) is 11.8 Å². The van der Waals surface area contributed by atoms with Crippen molar-refractivity contribution in [2.75, 3.05) is 26.7 Å². The Morgan fingerprint density at radius 3 is 2.64 bits per heavy atom. The Morgan fingerprint density at radius 2 is 2.07 bits per heavy atom. The maximum atomic E-state index is 12.5. The third kappa shape index (κ3) is 4.53. The van der Waals surface area contributed by atoms with E-state index < -0.39 is 22.3 Å². The van der Waals surface area contributed by atoms with Gasteiger partial charge in [0.2, 0.25) is 0 Å². The van der Waals surface area contributed by atoms with E-state index >= 15 is 0 Å². The molecule has 0 fully saturated rings. The van der Waals surface area contributed by atoms with Crippen LogP contribution in [0.25, 0.3) is 0 Å². The molecule has 2 heterocycles. The summed E-state index contributed by atoms with van der Waals surface area (Å²) in [6.07, 6.45) is -3.03. The lowest BCUT2D eigenvalue weighted by atomic mass is 10.1. The van der Waals surface area contributed by atoms with E-state index in [1.54, 1.807) is 4.57 Å². The summed E-state index contributed by atoms with van der Waals surface area (Å²) in [6.45, 7) is 3.62. The molecule has 1 aromatic carbocycles. The zero-order valence-corrected chi connectivity index (χ0v) is 15.3. The molecular formula is C17H19F3N4O4. The maximum absolute atomic E-state index is 12.5. The van der Waals surface area contributed by atoms with Gasteiger partial charge in [-0.1, -0.05) is 0 Å². The Morgan fingerprint density at radius 1 is 1.39 bits per heavy atom.